The van der Waals surface area contributed by atoms with E-state index >= 15 is 0 Å². The number of nitrogens with one attached hydrogen (secondary N) is 2. The molecule has 0 unspecified atom stereocenters. The summed E-state index contributed by atoms with van der Waals surface area (Å²) in [7, 11) is -1.50. The van der Waals surface area contributed by atoms with Crippen molar-refractivity contribution in [2.45, 2.75) is 43.5 Å². The highest BCUT2D eigenvalue weighted by molar-refractivity contribution is 7.89. The lowest BCUT2D eigenvalue weighted by Crippen LogP contribution is -2.24. The van der Waals surface area contributed by atoms with E-state index in [0.717, 1.165) is 38.3 Å². The predicted molar refractivity (Wildman–Crippen MR) is 77.9 cm³/mol. The molecule has 1 saturated carbocycles. The summed E-state index contributed by atoms with van der Waals surface area (Å²) in [5, 5.41) is 7.14. The Hall–Kier alpha value is -0.920. The molecule has 1 aromatic rings. The average molecular weight is 300 g/mol. The van der Waals surface area contributed by atoms with Gasteiger partial charge in [0.05, 0.1) is 6.20 Å². The van der Waals surface area contributed by atoms with Crippen molar-refractivity contribution in [3.63, 3.8) is 0 Å². The first-order chi connectivity index (χ1) is 9.62. The maximum atomic E-state index is 12.1. The minimum atomic E-state index is -3.40. The van der Waals surface area contributed by atoms with Crippen molar-refractivity contribution in [1.82, 2.24) is 19.8 Å². The molecular weight excluding hydrogens is 276 g/mol. The summed E-state index contributed by atoms with van der Waals surface area (Å²) in [5.41, 5.74) is 0. The number of rotatable bonds is 10. The van der Waals surface area contributed by atoms with Crippen LogP contribution in [0, 0.1) is 5.92 Å². The van der Waals surface area contributed by atoms with Crippen LogP contribution in [0.25, 0.3) is 0 Å². The van der Waals surface area contributed by atoms with Crippen LogP contribution >= 0.6 is 0 Å². The van der Waals surface area contributed by atoms with Gasteiger partial charge in [-0.15, -0.1) is 0 Å². The first-order valence-corrected chi connectivity index (χ1v) is 8.77. The van der Waals surface area contributed by atoms with Crippen LogP contribution in [0.15, 0.2) is 17.3 Å². The second-order valence-electron chi connectivity index (χ2n) is 5.38. The highest BCUT2D eigenvalue weighted by atomic mass is 32.2. The van der Waals surface area contributed by atoms with E-state index in [1.165, 1.54) is 19.0 Å². The number of hydrogen-bond donors (Lipinski definition) is 2. The zero-order valence-corrected chi connectivity index (χ0v) is 12.8. The van der Waals surface area contributed by atoms with Gasteiger partial charge < -0.3 is 5.32 Å². The Morgan fingerprint density at radius 3 is 2.85 bits per heavy atom. The van der Waals surface area contributed by atoms with Crippen LogP contribution in [0.2, 0.25) is 0 Å². The van der Waals surface area contributed by atoms with Crippen molar-refractivity contribution < 1.29 is 8.42 Å². The van der Waals surface area contributed by atoms with Crippen LogP contribution in [-0.2, 0) is 16.6 Å². The Bertz CT molecular complexity index is 508. The molecule has 0 atom stereocenters. The third-order valence-corrected chi connectivity index (χ3v) is 4.93. The monoisotopic (exact) mass is 300 g/mol. The van der Waals surface area contributed by atoms with Gasteiger partial charge in [-0.3, -0.25) is 4.68 Å². The second kappa shape index (κ2) is 7.19. The first-order valence-electron chi connectivity index (χ1n) is 7.28. The summed E-state index contributed by atoms with van der Waals surface area (Å²) in [6.45, 7) is 2.13. The van der Waals surface area contributed by atoms with E-state index in [-0.39, 0.29) is 4.90 Å². The van der Waals surface area contributed by atoms with Crippen molar-refractivity contribution in [3.8, 4) is 0 Å². The Kier molecular flexibility index (Phi) is 5.56. The van der Waals surface area contributed by atoms with Crippen molar-refractivity contribution in [3.05, 3.63) is 12.4 Å². The van der Waals surface area contributed by atoms with Gasteiger partial charge in [0, 0.05) is 19.3 Å². The number of hydrogen-bond acceptors (Lipinski definition) is 4. The lowest BCUT2D eigenvalue weighted by Gasteiger charge is -2.04. The van der Waals surface area contributed by atoms with Crippen LogP contribution in [-0.4, -0.2) is 38.3 Å². The molecule has 1 heterocycles. The molecule has 0 aliphatic heterocycles. The zero-order chi connectivity index (χ0) is 14.4. The fourth-order valence-electron chi connectivity index (χ4n) is 2.11. The molecule has 0 aromatic carbocycles. The predicted octanol–water partition coefficient (Wildman–Crippen LogP) is 0.961. The average Bonchev–Trinajstić information content (AvgIpc) is 3.11. The van der Waals surface area contributed by atoms with Crippen molar-refractivity contribution in [2.75, 3.05) is 20.1 Å². The van der Waals surface area contributed by atoms with E-state index < -0.39 is 10.0 Å². The van der Waals surface area contributed by atoms with Crippen LogP contribution in [0.1, 0.15) is 32.1 Å². The molecule has 1 aromatic heterocycles. The topological polar surface area (TPSA) is 76.0 Å². The smallest absolute Gasteiger partial charge is 0.243 e. The second-order valence-corrected chi connectivity index (χ2v) is 7.15. The Morgan fingerprint density at radius 2 is 2.15 bits per heavy atom. The Labute approximate surface area is 121 Å². The third kappa shape index (κ3) is 4.88. The van der Waals surface area contributed by atoms with E-state index in [1.807, 2.05) is 7.05 Å². The largest absolute Gasteiger partial charge is 0.320 e. The number of nitrogens with zero attached hydrogens (tertiary/aromatic N) is 2. The van der Waals surface area contributed by atoms with E-state index in [0.29, 0.717) is 6.54 Å². The number of sulfonamides is 1. The molecule has 1 aliphatic rings. The minimum Gasteiger partial charge on any atom is -0.320 e. The van der Waals surface area contributed by atoms with Gasteiger partial charge in [0.2, 0.25) is 10.0 Å². The van der Waals surface area contributed by atoms with Gasteiger partial charge in [-0.1, -0.05) is 12.8 Å². The molecule has 20 heavy (non-hydrogen) atoms. The summed E-state index contributed by atoms with van der Waals surface area (Å²) in [5.74, 6) is 0.842. The summed E-state index contributed by atoms with van der Waals surface area (Å²) < 4.78 is 28.4. The molecule has 0 amide bonds. The third-order valence-electron chi connectivity index (χ3n) is 3.51. The minimum absolute atomic E-state index is 0.258. The standard InChI is InChI=1S/C13H24N4O2S/c1-14-7-3-9-17-11-13(10-15-17)20(18,19)16-8-2-4-12-5-6-12/h10-12,14,16H,2-9H2,1H3. The van der Waals surface area contributed by atoms with Crippen LogP contribution in [0.5, 0.6) is 0 Å². The lowest BCUT2D eigenvalue weighted by molar-refractivity contribution is 0.559. The van der Waals surface area contributed by atoms with Gasteiger partial charge in [0.1, 0.15) is 4.90 Å². The van der Waals surface area contributed by atoms with E-state index in [1.54, 1.807) is 10.9 Å². The molecule has 2 N–H and O–H groups in total. The highest BCUT2D eigenvalue weighted by Crippen LogP contribution is 2.33. The molecule has 2 rings (SSSR count). The van der Waals surface area contributed by atoms with Crippen molar-refractivity contribution in [2.24, 2.45) is 5.92 Å². The maximum absolute atomic E-state index is 12.1. The molecule has 6 nitrogen and oxygen atoms in total. The van der Waals surface area contributed by atoms with Gasteiger partial charge in [-0.25, -0.2) is 13.1 Å². The number of aromatic nitrogens is 2. The normalized spacial score (nSPS) is 15.7. The van der Waals surface area contributed by atoms with Crippen molar-refractivity contribution >= 4 is 10.0 Å². The van der Waals surface area contributed by atoms with Gasteiger partial charge in [-0.2, -0.15) is 5.10 Å². The van der Waals surface area contributed by atoms with Gasteiger partial charge in [0.15, 0.2) is 0 Å². The van der Waals surface area contributed by atoms with E-state index in [9.17, 15) is 8.42 Å². The molecule has 0 saturated heterocycles. The van der Waals surface area contributed by atoms with Crippen LogP contribution in [0.4, 0.5) is 0 Å². The van der Waals surface area contributed by atoms with Gasteiger partial charge >= 0.3 is 0 Å². The summed E-state index contributed by atoms with van der Waals surface area (Å²) in [4.78, 5) is 0.258. The van der Waals surface area contributed by atoms with Gasteiger partial charge in [0.25, 0.3) is 0 Å². The zero-order valence-electron chi connectivity index (χ0n) is 12.0. The molecule has 114 valence electrons. The van der Waals surface area contributed by atoms with Crippen LogP contribution < -0.4 is 10.0 Å². The summed E-state index contributed by atoms with van der Waals surface area (Å²) >= 11 is 0. The Morgan fingerprint density at radius 1 is 1.35 bits per heavy atom. The molecule has 0 bridgehead atoms. The SMILES string of the molecule is CNCCCn1cc(S(=O)(=O)NCCCC2CC2)cn1. The molecule has 0 radical (unpaired) electrons. The fraction of sp³-hybridized carbons (Fsp3) is 0.769. The fourth-order valence-corrected chi connectivity index (χ4v) is 3.14. The lowest BCUT2D eigenvalue weighted by atomic mass is 10.2. The summed E-state index contributed by atoms with van der Waals surface area (Å²) in [6, 6.07) is 0. The number of aryl methyl sites for hydroxylation is 1. The van der Waals surface area contributed by atoms with E-state index in [4.69, 9.17) is 0 Å². The molecule has 1 aliphatic carbocycles. The molecule has 1 fully saturated rings. The highest BCUT2D eigenvalue weighted by Gasteiger charge is 2.21. The van der Waals surface area contributed by atoms with Crippen molar-refractivity contribution in [1.29, 1.82) is 0 Å². The molecule has 7 heteroatoms. The molecule has 0 spiro atoms. The maximum Gasteiger partial charge on any atom is 0.243 e. The van der Waals surface area contributed by atoms with E-state index in [2.05, 4.69) is 15.1 Å². The summed E-state index contributed by atoms with van der Waals surface area (Å²) in [6.07, 6.45) is 8.61. The van der Waals surface area contributed by atoms with Gasteiger partial charge in [-0.05, 0) is 38.8 Å². The quantitative estimate of drug-likeness (QED) is 0.631. The first kappa shape index (κ1) is 15.5. The Balaban J connectivity index is 1.78. The van der Waals surface area contributed by atoms with Crippen LogP contribution in [0.3, 0.4) is 0 Å². The molecular formula is C13H24N4O2S.